The highest BCUT2D eigenvalue weighted by Gasteiger charge is 2.17. The van der Waals surface area contributed by atoms with Crippen molar-refractivity contribution >= 4 is 16.7 Å². The van der Waals surface area contributed by atoms with E-state index in [1.54, 1.807) is 7.11 Å². The number of furan rings is 1. The zero-order valence-corrected chi connectivity index (χ0v) is 11.6. The number of benzene rings is 2. The van der Waals surface area contributed by atoms with Crippen LogP contribution >= 0.6 is 0 Å². The summed E-state index contributed by atoms with van der Waals surface area (Å²) in [5.74, 6) is 1.74. The maximum absolute atomic E-state index is 5.95. The summed E-state index contributed by atoms with van der Waals surface area (Å²) in [6.07, 6.45) is 0.831. The van der Waals surface area contributed by atoms with Gasteiger partial charge in [0.05, 0.1) is 7.11 Å². The van der Waals surface area contributed by atoms with E-state index in [1.165, 1.54) is 0 Å². The van der Waals surface area contributed by atoms with Crippen LogP contribution in [0.3, 0.4) is 0 Å². The number of nitrogens with two attached hydrogens (primary N) is 1. The van der Waals surface area contributed by atoms with Crippen LogP contribution < -0.4 is 10.5 Å². The first kappa shape index (κ1) is 12.6. The van der Waals surface area contributed by atoms with E-state index in [0.717, 1.165) is 40.0 Å². The summed E-state index contributed by atoms with van der Waals surface area (Å²) in [7, 11) is 1.66. The van der Waals surface area contributed by atoms with Crippen molar-refractivity contribution in [3.05, 3.63) is 48.2 Å². The zero-order chi connectivity index (χ0) is 14.1. The van der Waals surface area contributed by atoms with E-state index in [0.29, 0.717) is 5.69 Å². The minimum absolute atomic E-state index is 0.691. The fourth-order valence-electron chi connectivity index (χ4n) is 2.55. The summed E-state index contributed by atoms with van der Waals surface area (Å²) >= 11 is 0. The summed E-state index contributed by atoms with van der Waals surface area (Å²) in [4.78, 5) is 0. The van der Waals surface area contributed by atoms with Gasteiger partial charge in [-0.15, -0.1) is 0 Å². The van der Waals surface area contributed by atoms with Gasteiger partial charge in [0.25, 0.3) is 0 Å². The molecule has 0 unspecified atom stereocenters. The smallest absolute Gasteiger partial charge is 0.134 e. The molecule has 1 aromatic heterocycles. The normalized spacial score (nSPS) is 10.9. The second-order valence-corrected chi connectivity index (χ2v) is 4.71. The van der Waals surface area contributed by atoms with E-state index in [1.807, 2.05) is 36.4 Å². The second kappa shape index (κ2) is 4.93. The van der Waals surface area contributed by atoms with Crippen LogP contribution in [0.15, 0.2) is 46.9 Å². The molecule has 0 atom stereocenters. The van der Waals surface area contributed by atoms with Crippen molar-refractivity contribution < 1.29 is 9.15 Å². The average Bonchev–Trinajstić information content (AvgIpc) is 2.85. The van der Waals surface area contributed by atoms with Gasteiger partial charge in [-0.2, -0.15) is 0 Å². The highest BCUT2D eigenvalue weighted by Crippen LogP contribution is 2.40. The number of hydrogen-bond donors (Lipinski definition) is 1. The maximum Gasteiger partial charge on any atom is 0.134 e. The molecule has 3 nitrogen and oxygen atoms in total. The Bertz CT molecular complexity index is 759. The third-order valence-electron chi connectivity index (χ3n) is 3.48. The highest BCUT2D eigenvalue weighted by molar-refractivity contribution is 5.97. The lowest BCUT2D eigenvalue weighted by molar-refractivity contribution is 0.416. The van der Waals surface area contributed by atoms with Crippen molar-refractivity contribution in [2.75, 3.05) is 12.8 Å². The van der Waals surface area contributed by atoms with Gasteiger partial charge in [0.2, 0.25) is 0 Å². The van der Waals surface area contributed by atoms with Gasteiger partial charge in [-0.05, 0) is 18.2 Å². The Morgan fingerprint density at radius 2 is 1.95 bits per heavy atom. The topological polar surface area (TPSA) is 48.4 Å². The molecule has 3 aromatic rings. The van der Waals surface area contributed by atoms with E-state index in [9.17, 15) is 0 Å². The Balaban J connectivity index is 2.33. The van der Waals surface area contributed by atoms with Crippen molar-refractivity contribution in [1.29, 1.82) is 0 Å². The molecule has 0 radical (unpaired) electrons. The molecule has 0 aliphatic heterocycles. The molecular formula is C17H17NO2. The van der Waals surface area contributed by atoms with Crippen molar-refractivity contribution in [3.8, 4) is 16.9 Å². The van der Waals surface area contributed by atoms with E-state index in [4.69, 9.17) is 14.9 Å². The molecule has 0 spiro atoms. The molecule has 3 heteroatoms. The first-order valence-electron chi connectivity index (χ1n) is 6.69. The quantitative estimate of drug-likeness (QED) is 0.721. The molecule has 2 N–H and O–H groups in total. The van der Waals surface area contributed by atoms with Crippen LogP contribution in [-0.2, 0) is 6.42 Å². The number of fused-ring (bicyclic) bond motifs is 1. The van der Waals surface area contributed by atoms with Crippen LogP contribution in [0.2, 0.25) is 0 Å². The van der Waals surface area contributed by atoms with Crippen LogP contribution in [0.5, 0.6) is 5.75 Å². The fraction of sp³-hybridized carbons (Fsp3) is 0.176. The number of nitrogen functional groups attached to an aromatic ring is 1. The first-order chi connectivity index (χ1) is 9.74. The lowest BCUT2D eigenvalue weighted by atomic mass is 9.99. The van der Waals surface area contributed by atoms with Gasteiger partial charge in [-0.1, -0.05) is 25.1 Å². The fourth-order valence-corrected chi connectivity index (χ4v) is 2.55. The molecule has 0 bridgehead atoms. The standard InChI is InChI=1S/C17H17NO2/c1-3-14-17(12-6-4-5-7-15(12)20-14)13-9-8-11(18)10-16(13)19-2/h4-10H,3,18H2,1-2H3. The van der Waals surface area contributed by atoms with E-state index >= 15 is 0 Å². The monoisotopic (exact) mass is 267 g/mol. The number of anilines is 1. The van der Waals surface area contributed by atoms with Crippen molar-refractivity contribution in [2.45, 2.75) is 13.3 Å². The summed E-state index contributed by atoms with van der Waals surface area (Å²) < 4.78 is 11.4. The van der Waals surface area contributed by atoms with Crippen LogP contribution in [0.1, 0.15) is 12.7 Å². The Morgan fingerprint density at radius 1 is 1.15 bits per heavy atom. The van der Waals surface area contributed by atoms with Gasteiger partial charge < -0.3 is 14.9 Å². The van der Waals surface area contributed by atoms with Crippen LogP contribution in [-0.4, -0.2) is 7.11 Å². The molecular weight excluding hydrogens is 250 g/mol. The van der Waals surface area contributed by atoms with Crippen molar-refractivity contribution in [2.24, 2.45) is 0 Å². The second-order valence-electron chi connectivity index (χ2n) is 4.71. The molecule has 0 aliphatic carbocycles. The Hall–Kier alpha value is -2.42. The molecule has 0 saturated heterocycles. The highest BCUT2D eigenvalue weighted by atomic mass is 16.5. The molecule has 0 fully saturated rings. The maximum atomic E-state index is 5.95. The summed E-state index contributed by atoms with van der Waals surface area (Å²) in [5, 5.41) is 1.10. The van der Waals surface area contributed by atoms with E-state index in [2.05, 4.69) is 13.0 Å². The van der Waals surface area contributed by atoms with Crippen LogP contribution in [0, 0.1) is 0 Å². The van der Waals surface area contributed by atoms with Gasteiger partial charge in [-0.25, -0.2) is 0 Å². The Morgan fingerprint density at radius 3 is 2.70 bits per heavy atom. The van der Waals surface area contributed by atoms with Crippen molar-refractivity contribution in [1.82, 2.24) is 0 Å². The Kier molecular flexibility index (Phi) is 3.11. The Labute approximate surface area is 118 Å². The van der Waals surface area contributed by atoms with E-state index < -0.39 is 0 Å². The number of rotatable bonds is 3. The zero-order valence-electron chi connectivity index (χ0n) is 11.6. The average molecular weight is 267 g/mol. The lowest BCUT2D eigenvalue weighted by Gasteiger charge is -2.09. The minimum atomic E-state index is 0.691. The molecule has 102 valence electrons. The number of aryl methyl sites for hydroxylation is 1. The largest absolute Gasteiger partial charge is 0.496 e. The summed E-state index contributed by atoms with van der Waals surface area (Å²) in [6.45, 7) is 2.09. The first-order valence-corrected chi connectivity index (χ1v) is 6.69. The molecule has 1 heterocycles. The number of methoxy groups -OCH3 is 1. The molecule has 2 aromatic carbocycles. The minimum Gasteiger partial charge on any atom is -0.496 e. The number of ether oxygens (including phenoxy) is 1. The molecule has 0 saturated carbocycles. The van der Waals surface area contributed by atoms with Crippen molar-refractivity contribution in [3.63, 3.8) is 0 Å². The third-order valence-corrected chi connectivity index (χ3v) is 3.48. The van der Waals surface area contributed by atoms with Gasteiger partial charge in [-0.3, -0.25) is 0 Å². The molecule has 0 amide bonds. The van der Waals surface area contributed by atoms with E-state index in [-0.39, 0.29) is 0 Å². The predicted octanol–water partition coefficient (Wildman–Crippen LogP) is 4.25. The molecule has 20 heavy (non-hydrogen) atoms. The third kappa shape index (κ3) is 1.92. The molecule has 0 aliphatic rings. The SMILES string of the molecule is CCc1oc2ccccc2c1-c1ccc(N)cc1OC. The summed E-state index contributed by atoms with van der Waals surface area (Å²) in [5.41, 5.74) is 9.54. The van der Waals surface area contributed by atoms with Gasteiger partial charge >= 0.3 is 0 Å². The van der Waals surface area contributed by atoms with Gasteiger partial charge in [0.15, 0.2) is 0 Å². The lowest BCUT2D eigenvalue weighted by Crippen LogP contribution is -1.92. The van der Waals surface area contributed by atoms with Gasteiger partial charge in [0.1, 0.15) is 17.1 Å². The number of hydrogen-bond acceptors (Lipinski definition) is 3. The summed E-state index contributed by atoms with van der Waals surface area (Å²) in [6, 6.07) is 13.8. The number of para-hydroxylation sites is 1. The van der Waals surface area contributed by atoms with Crippen LogP contribution in [0.4, 0.5) is 5.69 Å². The molecule has 3 rings (SSSR count). The van der Waals surface area contributed by atoms with Gasteiger partial charge in [0, 0.05) is 34.7 Å². The van der Waals surface area contributed by atoms with Crippen LogP contribution in [0.25, 0.3) is 22.1 Å². The predicted molar refractivity (Wildman–Crippen MR) is 82.0 cm³/mol.